The standard InChI is InChI=1S/C13H23NO3/c1-2-11(9-13(16)17)14-12(15)8-7-10-5-3-4-6-10/h10-11H,2-9H2,1H3,(H,14,15)(H,16,17). The molecule has 0 bridgehead atoms. The summed E-state index contributed by atoms with van der Waals surface area (Å²) in [5, 5.41) is 11.5. The molecule has 17 heavy (non-hydrogen) atoms. The minimum absolute atomic E-state index is 0.00463. The number of aliphatic carboxylic acids is 1. The van der Waals surface area contributed by atoms with Crippen molar-refractivity contribution in [2.75, 3.05) is 0 Å². The summed E-state index contributed by atoms with van der Waals surface area (Å²) in [5.41, 5.74) is 0. The molecule has 4 nitrogen and oxygen atoms in total. The third kappa shape index (κ3) is 5.71. The molecule has 98 valence electrons. The summed E-state index contributed by atoms with van der Waals surface area (Å²) >= 11 is 0. The monoisotopic (exact) mass is 241 g/mol. The van der Waals surface area contributed by atoms with Gasteiger partial charge in [0.2, 0.25) is 5.91 Å². The first-order valence-electron chi connectivity index (χ1n) is 6.63. The number of hydrogen-bond donors (Lipinski definition) is 2. The summed E-state index contributed by atoms with van der Waals surface area (Å²) in [6.07, 6.45) is 7.27. The fourth-order valence-electron chi connectivity index (χ4n) is 2.44. The first kappa shape index (κ1) is 14.0. The Kier molecular flexibility index (Phi) is 6.01. The quantitative estimate of drug-likeness (QED) is 0.719. The molecule has 0 heterocycles. The Labute approximate surface area is 103 Å². The van der Waals surface area contributed by atoms with E-state index in [1.807, 2.05) is 6.92 Å². The summed E-state index contributed by atoms with van der Waals surface area (Å²) in [4.78, 5) is 22.2. The van der Waals surface area contributed by atoms with E-state index in [1.54, 1.807) is 0 Å². The van der Waals surface area contributed by atoms with E-state index in [1.165, 1.54) is 25.7 Å². The van der Waals surface area contributed by atoms with Crippen molar-refractivity contribution in [1.29, 1.82) is 0 Å². The van der Waals surface area contributed by atoms with Gasteiger partial charge in [0.1, 0.15) is 0 Å². The van der Waals surface area contributed by atoms with E-state index in [0.717, 1.165) is 6.42 Å². The number of carbonyl (C=O) groups excluding carboxylic acids is 1. The van der Waals surface area contributed by atoms with Crippen molar-refractivity contribution in [3.63, 3.8) is 0 Å². The van der Waals surface area contributed by atoms with Crippen molar-refractivity contribution in [3.05, 3.63) is 0 Å². The van der Waals surface area contributed by atoms with Gasteiger partial charge in [0.05, 0.1) is 6.42 Å². The molecule has 0 spiro atoms. The first-order valence-corrected chi connectivity index (χ1v) is 6.63. The maximum absolute atomic E-state index is 11.6. The summed E-state index contributed by atoms with van der Waals surface area (Å²) < 4.78 is 0. The predicted molar refractivity (Wildman–Crippen MR) is 65.7 cm³/mol. The van der Waals surface area contributed by atoms with Crippen molar-refractivity contribution in [3.8, 4) is 0 Å². The Bertz CT molecular complexity index is 259. The Morgan fingerprint density at radius 1 is 1.35 bits per heavy atom. The number of nitrogens with one attached hydrogen (secondary N) is 1. The molecule has 1 saturated carbocycles. The van der Waals surface area contributed by atoms with Crippen LogP contribution in [0.3, 0.4) is 0 Å². The van der Waals surface area contributed by atoms with Crippen LogP contribution in [-0.2, 0) is 9.59 Å². The molecule has 1 aliphatic carbocycles. The molecule has 2 N–H and O–H groups in total. The Hall–Kier alpha value is -1.06. The van der Waals surface area contributed by atoms with Gasteiger partial charge in [0.25, 0.3) is 0 Å². The lowest BCUT2D eigenvalue weighted by Crippen LogP contribution is -2.36. The van der Waals surface area contributed by atoms with Gasteiger partial charge in [-0.15, -0.1) is 0 Å². The third-order valence-electron chi connectivity index (χ3n) is 3.53. The summed E-state index contributed by atoms with van der Waals surface area (Å²) in [6.45, 7) is 1.89. The van der Waals surface area contributed by atoms with Crippen LogP contribution in [0.5, 0.6) is 0 Å². The second-order valence-corrected chi connectivity index (χ2v) is 4.96. The minimum Gasteiger partial charge on any atom is -0.481 e. The number of carboxylic acid groups (broad SMARTS) is 1. The van der Waals surface area contributed by atoms with Gasteiger partial charge in [-0.05, 0) is 18.8 Å². The Morgan fingerprint density at radius 2 is 2.00 bits per heavy atom. The third-order valence-corrected chi connectivity index (χ3v) is 3.53. The topological polar surface area (TPSA) is 66.4 Å². The van der Waals surface area contributed by atoms with Gasteiger partial charge < -0.3 is 10.4 Å². The van der Waals surface area contributed by atoms with Crippen molar-refractivity contribution >= 4 is 11.9 Å². The highest BCUT2D eigenvalue weighted by Crippen LogP contribution is 2.28. The number of rotatable bonds is 7. The Morgan fingerprint density at radius 3 is 2.53 bits per heavy atom. The highest BCUT2D eigenvalue weighted by Gasteiger charge is 2.18. The van der Waals surface area contributed by atoms with Gasteiger partial charge in [-0.1, -0.05) is 32.6 Å². The number of hydrogen-bond acceptors (Lipinski definition) is 2. The zero-order chi connectivity index (χ0) is 12.7. The van der Waals surface area contributed by atoms with Crippen LogP contribution in [0.1, 0.15) is 58.3 Å². The van der Waals surface area contributed by atoms with Crippen molar-refractivity contribution in [1.82, 2.24) is 5.32 Å². The normalized spacial score (nSPS) is 17.9. The van der Waals surface area contributed by atoms with E-state index in [4.69, 9.17) is 5.11 Å². The van der Waals surface area contributed by atoms with Crippen LogP contribution >= 0.6 is 0 Å². The molecule has 1 amide bonds. The largest absolute Gasteiger partial charge is 0.481 e. The molecule has 1 fully saturated rings. The van der Waals surface area contributed by atoms with E-state index in [-0.39, 0.29) is 18.4 Å². The van der Waals surface area contributed by atoms with E-state index < -0.39 is 5.97 Å². The predicted octanol–water partition coefficient (Wildman–Crippen LogP) is 2.33. The van der Waals surface area contributed by atoms with Crippen LogP contribution in [0.25, 0.3) is 0 Å². The van der Waals surface area contributed by atoms with Crippen LogP contribution in [0, 0.1) is 5.92 Å². The molecule has 1 aliphatic rings. The number of amides is 1. The lowest BCUT2D eigenvalue weighted by molar-refractivity contribution is -0.137. The van der Waals surface area contributed by atoms with E-state index in [0.29, 0.717) is 18.8 Å². The zero-order valence-electron chi connectivity index (χ0n) is 10.6. The van der Waals surface area contributed by atoms with Gasteiger partial charge in [-0.3, -0.25) is 9.59 Å². The molecule has 1 unspecified atom stereocenters. The molecule has 1 atom stereocenters. The fraction of sp³-hybridized carbons (Fsp3) is 0.846. The van der Waals surface area contributed by atoms with E-state index >= 15 is 0 Å². The SMILES string of the molecule is CCC(CC(=O)O)NC(=O)CCC1CCCC1. The van der Waals surface area contributed by atoms with Crippen LogP contribution in [0.2, 0.25) is 0 Å². The molecule has 0 aromatic heterocycles. The van der Waals surface area contributed by atoms with Crippen LogP contribution in [0.15, 0.2) is 0 Å². The molecular weight excluding hydrogens is 218 g/mol. The zero-order valence-corrected chi connectivity index (χ0v) is 10.6. The first-order chi connectivity index (χ1) is 8.11. The lowest BCUT2D eigenvalue weighted by Gasteiger charge is -2.15. The summed E-state index contributed by atoms with van der Waals surface area (Å²) in [5.74, 6) is -0.141. The molecule has 0 saturated heterocycles. The van der Waals surface area contributed by atoms with E-state index in [9.17, 15) is 9.59 Å². The molecular formula is C13H23NO3. The van der Waals surface area contributed by atoms with Crippen molar-refractivity contribution < 1.29 is 14.7 Å². The second kappa shape index (κ2) is 7.30. The van der Waals surface area contributed by atoms with E-state index in [2.05, 4.69) is 5.32 Å². The molecule has 1 rings (SSSR count). The van der Waals surface area contributed by atoms with Crippen LogP contribution in [-0.4, -0.2) is 23.0 Å². The van der Waals surface area contributed by atoms with Gasteiger partial charge in [-0.25, -0.2) is 0 Å². The number of carbonyl (C=O) groups is 2. The average molecular weight is 241 g/mol. The van der Waals surface area contributed by atoms with Gasteiger partial charge >= 0.3 is 5.97 Å². The van der Waals surface area contributed by atoms with Crippen molar-refractivity contribution in [2.45, 2.75) is 64.3 Å². The smallest absolute Gasteiger partial charge is 0.305 e. The maximum Gasteiger partial charge on any atom is 0.305 e. The molecule has 0 aromatic carbocycles. The Balaban J connectivity index is 2.19. The molecule has 4 heteroatoms. The van der Waals surface area contributed by atoms with Gasteiger partial charge in [0, 0.05) is 12.5 Å². The molecule has 0 aromatic rings. The highest BCUT2D eigenvalue weighted by molar-refractivity contribution is 5.77. The highest BCUT2D eigenvalue weighted by atomic mass is 16.4. The van der Waals surface area contributed by atoms with Gasteiger partial charge in [-0.2, -0.15) is 0 Å². The minimum atomic E-state index is -0.854. The average Bonchev–Trinajstić information content (AvgIpc) is 2.77. The maximum atomic E-state index is 11.6. The van der Waals surface area contributed by atoms with Crippen LogP contribution in [0.4, 0.5) is 0 Å². The van der Waals surface area contributed by atoms with Crippen LogP contribution < -0.4 is 5.32 Å². The lowest BCUT2D eigenvalue weighted by atomic mass is 10.0. The molecule has 0 aliphatic heterocycles. The van der Waals surface area contributed by atoms with Gasteiger partial charge in [0.15, 0.2) is 0 Å². The van der Waals surface area contributed by atoms with Crippen molar-refractivity contribution in [2.24, 2.45) is 5.92 Å². The molecule has 0 radical (unpaired) electrons. The summed E-state index contributed by atoms with van der Waals surface area (Å²) in [6, 6.07) is -0.219. The second-order valence-electron chi connectivity index (χ2n) is 4.96. The summed E-state index contributed by atoms with van der Waals surface area (Å²) in [7, 11) is 0. The fourth-order valence-corrected chi connectivity index (χ4v) is 2.44. The number of carboxylic acids is 1.